The van der Waals surface area contributed by atoms with E-state index in [1.165, 1.54) is 0 Å². The number of aromatic nitrogens is 1. The largest absolute Gasteiger partial charge is 0.381 e. The first kappa shape index (κ1) is 26.8. The van der Waals surface area contributed by atoms with Crippen LogP contribution >= 0.6 is 0 Å². The number of nitriles is 1. The van der Waals surface area contributed by atoms with Gasteiger partial charge < -0.3 is 15.0 Å². The molecule has 2 aromatic rings. The van der Waals surface area contributed by atoms with Gasteiger partial charge in [-0.3, -0.25) is 19.0 Å². The first-order valence-electron chi connectivity index (χ1n) is 13.2. The lowest BCUT2D eigenvalue weighted by Crippen LogP contribution is -2.45. The number of rotatable bonds is 9. The fourth-order valence-corrected chi connectivity index (χ4v) is 5.27. The molecule has 2 aliphatic rings. The van der Waals surface area contributed by atoms with Gasteiger partial charge in [-0.25, -0.2) is 0 Å². The number of allylic oxidation sites excluding steroid dienone is 1. The maximum absolute atomic E-state index is 13.2. The van der Waals surface area contributed by atoms with Gasteiger partial charge >= 0.3 is 0 Å². The van der Waals surface area contributed by atoms with Crippen molar-refractivity contribution in [3.05, 3.63) is 64.1 Å². The highest BCUT2D eigenvalue weighted by atomic mass is 16.5. The normalized spacial score (nSPS) is 23.1. The molecule has 0 aromatic carbocycles. The Labute approximate surface area is 218 Å². The molecule has 0 spiro atoms. The van der Waals surface area contributed by atoms with Crippen molar-refractivity contribution in [2.75, 3.05) is 26.8 Å². The van der Waals surface area contributed by atoms with Gasteiger partial charge in [0.2, 0.25) is 0 Å². The molecule has 0 bridgehead atoms. The van der Waals surface area contributed by atoms with E-state index < -0.39 is 5.41 Å². The molecule has 8 heteroatoms. The van der Waals surface area contributed by atoms with Crippen LogP contribution in [0.1, 0.15) is 55.5 Å². The Bertz CT molecular complexity index is 1260. The van der Waals surface area contributed by atoms with E-state index in [2.05, 4.69) is 27.4 Å². The van der Waals surface area contributed by atoms with Crippen molar-refractivity contribution in [1.29, 1.82) is 5.26 Å². The zero-order valence-corrected chi connectivity index (χ0v) is 22.0. The Morgan fingerprint density at radius 1 is 1.41 bits per heavy atom. The number of carbonyl (C=O) groups excluding carboxylic acids is 1. The molecule has 0 aliphatic carbocycles. The highest BCUT2D eigenvalue weighted by Gasteiger charge is 2.36. The fraction of sp³-hybridized carbons (Fsp3) is 0.517. The van der Waals surface area contributed by atoms with Crippen molar-refractivity contribution in [2.45, 2.75) is 58.2 Å². The minimum absolute atomic E-state index is 0.0205. The first-order valence-corrected chi connectivity index (χ1v) is 13.2. The number of fused-ring (bicyclic) bond motifs is 1. The van der Waals surface area contributed by atoms with Crippen LogP contribution in [0.5, 0.6) is 0 Å². The number of nitrogens with one attached hydrogen (secondary N) is 1. The van der Waals surface area contributed by atoms with Crippen LogP contribution in [-0.2, 0) is 11.3 Å². The second-order valence-corrected chi connectivity index (χ2v) is 10.3. The van der Waals surface area contributed by atoms with Gasteiger partial charge in [0.1, 0.15) is 5.56 Å². The Kier molecular flexibility index (Phi) is 8.57. The third kappa shape index (κ3) is 5.84. The molecule has 1 N–H and O–H groups in total. The summed E-state index contributed by atoms with van der Waals surface area (Å²) in [5.74, 6) is -0.156. The molecule has 4 heterocycles. The smallest absolute Gasteiger partial charge is 0.267 e. The van der Waals surface area contributed by atoms with Crippen LogP contribution in [0, 0.1) is 22.7 Å². The minimum Gasteiger partial charge on any atom is -0.381 e. The molecular weight excluding hydrogens is 466 g/mol. The third-order valence-corrected chi connectivity index (χ3v) is 7.78. The highest BCUT2D eigenvalue weighted by molar-refractivity contribution is 5.94. The van der Waals surface area contributed by atoms with Gasteiger partial charge in [-0.15, -0.1) is 0 Å². The van der Waals surface area contributed by atoms with Gasteiger partial charge in [0.05, 0.1) is 29.6 Å². The quantitative estimate of drug-likeness (QED) is 0.527. The first-order chi connectivity index (χ1) is 17.9. The molecule has 4 unspecified atom stereocenters. The van der Waals surface area contributed by atoms with Crippen LogP contribution in [0.25, 0.3) is 5.52 Å². The molecule has 196 valence electrons. The van der Waals surface area contributed by atoms with E-state index in [1.54, 1.807) is 22.7 Å². The van der Waals surface area contributed by atoms with E-state index in [9.17, 15) is 14.9 Å². The van der Waals surface area contributed by atoms with Crippen LogP contribution < -0.4 is 10.9 Å². The van der Waals surface area contributed by atoms with Gasteiger partial charge in [-0.1, -0.05) is 32.1 Å². The van der Waals surface area contributed by atoms with Gasteiger partial charge in [-0.05, 0) is 62.5 Å². The van der Waals surface area contributed by atoms with E-state index >= 15 is 0 Å². The molecular formula is C29H37N5O3. The Morgan fingerprint density at radius 3 is 2.95 bits per heavy atom. The van der Waals surface area contributed by atoms with Crippen molar-refractivity contribution < 1.29 is 9.53 Å². The van der Waals surface area contributed by atoms with Crippen molar-refractivity contribution in [1.82, 2.24) is 14.6 Å². The van der Waals surface area contributed by atoms with Crippen LogP contribution in [0.4, 0.5) is 0 Å². The lowest BCUT2D eigenvalue weighted by molar-refractivity contribution is 0.0374. The van der Waals surface area contributed by atoms with E-state index in [0.717, 1.165) is 23.9 Å². The van der Waals surface area contributed by atoms with Crippen LogP contribution in [0.15, 0.2) is 52.4 Å². The summed E-state index contributed by atoms with van der Waals surface area (Å²) in [6.45, 7) is 6.51. The average Bonchev–Trinajstić information content (AvgIpc) is 2.93. The molecule has 4 atom stereocenters. The molecule has 1 saturated heterocycles. The van der Waals surface area contributed by atoms with E-state index in [-0.39, 0.29) is 35.0 Å². The number of hydrogen-bond acceptors (Lipinski definition) is 6. The highest BCUT2D eigenvalue weighted by Crippen LogP contribution is 2.34. The second-order valence-electron chi connectivity index (χ2n) is 10.3. The molecule has 4 rings (SSSR count). The van der Waals surface area contributed by atoms with Gasteiger partial charge in [0.25, 0.3) is 11.5 Å². The summed E-state index contributed by atoms with van der Waals surface area (Å²) in [5.41, 5.74) is 0.922. The number of pyridine rings is 2. The lowest BCUT2D eigenvalue weighted by Gasteiger charge is -2.32. The maximum Gasteiger partial charge on any atom is 0.267 e. The van der Waals surface area contributed by atoms with Crippen LogP contribution in [0.3, 0.4) is 0 Å². The van der Waals surface area contributed by atoms with Crippen molar-refractivity contribution in [3.63, 3.8) is 0 Å². The zero-order valence-electron chi connectivity index (χ0n) is 22.0. The molecule has 37 heavy (non-hydrogen) atoms. The fourth-order valence-electron chi connectivity index (χ4n) is 5.27. The topological polar surface area (TPSA) is 99.2 Å². The summed E-state index contributed by atoms with van der Waals surface area (Å²) in [4.78, 5) is 33.2. The Morgan fingerprint density at radius 2 is 2.24 bits per heavy atom. The summed E-state index contributed by atoms with van der Waals surface area (Å²) < 4.78 is 7.05. The average molecular weight is 504 g/mol. The summed E-state index contributed by atoms with van der Waals surface area (Å²) in [7, 11) is 2.01. The number of nitrogens with zero attached hydrogens (tertiary/aromatic N) is 4. The summed E-state index contributed by atoms with van der Waals surface area (Å²) in [6.07, 6.45) is 10.6. The lowest BCUT2D eigenvalue weighted by atomic mass is 9.75. The molecule has 2 aromatic heterocycles. The second kappa shape index (κ2) is 11.8. The zero-order chi connectivity index (χ0) is 26.4. The predicted molar refractivity (Wildman–Crippen MR) is 145 cm³/mol. The molecule has 2 aliphatic heterocycles. The number of ether oxygens (including phenoxy) is 1. The maximum atomic E-state index is 13.2. The van der Waals surface area contributed by atoms with E-state index in [4.69, 9.17) is 4.74 Å². The number of amides is 1. The van der Waals surface area contributed by atoms with Crippen LogP contribution in [-0.4, -0.2) is 60.3 Å². The van der Waals surface area contributed by atoms with E-state index in [0.29, 0.717) is 39.1 Å². The van der Waals surface area contributed by atoms with Crippen molar-refractivity contribution in [2.24, 2.45) is 16.3 Å². The van der Waals surface area contributed by atoms with E-state index in [1.807, 2.05) is 45.3 Å². The van der Waals surface area contributed by atoms with Crippen LogP contribution in [0.2, 0.25) is 0 Å². The summed E-state index contributed by atoms with van der Waals surface area (Å²) in [6, 6.07) is 9.73. The predicted octanol–water partition coefficient (Wildman–Crippen LogP) is 3.60. The molecule has 0 radical (unpaired) electrons. The Hall–Kier alpha value is -3.28. The van der Waals surface area contributed by atoms with Gasteiger partial charge in [0, 0.05) is 38.0 Å². The van der Waals surface area contributed by atoms with Crippen molar-refractivity contribution in [3.8, 4) is 6.07 Å². The summed E-state index contributed by atoms with van der Waals surface area (Å²) >= 11 is 0. The standard InChI is InChI=1S/C29H37N5O3/c1-4-29(20-30,26-10-5-7-13-31-26)12-15-33(3)18-22-17-23(28(36)34-14-8-6-9-25(22)34)27(35)32-24-11-16-37-19-21(24)2/h5-6,8-10,13-14,17,21,24,26H,4,7,11-12,15-16,18-19H2,1-3H3,(H,32,35). The monoisotopic (exact) mass is 503 g/mol. The number of hydrogen-bond donors (Lipinski definition) is 1. The number of aliphatic imine (C=N–C) groups is 1. The molecule has 0 saturated carbocycles. The minimum atomic E-state index is -0.567. The van der Waals surface area contributed by atoms with Crippen molar-refractivity contribution >= 4 is 17.6 Å². The van der Waals surface area contributed by atoms with Gasteiger partial charge in [-0.2, -0.15) is 5.26 Å². The number of carbonyl (C=O) groups is 1. The van der Waals surface area contributed by atoms with Gasteiger partial charge in [0.15, 0.2) is 0 Å². The SMILES string of the molecule is CCC(C#N)(CCN(C)Cc1cc(C(=O)NC2CCOCC2C)c(=O)n2ccccc12)C1C=CCC=N1. The molecule has 1 amide bonds. The molecule has 1 fully saturated rings. The third-order valence-electron chi connectivity index (χ3n) is 7.78. The number of dihydropyridines is 1. The Balaban J connectivity index is 1.55. The summed E-state index contributed by atoms with van der Waals surface area (Å²) in [5, 5.41) is 13.2. The molecule has 8 nitrogen and oxygen atoms in total.